The van der Waals surface area contributed by atoms with Gasteiger partial charge in [0.1, 0.15) is 11.8 Å². The highest BCUT2D eigenvalue weighted by molar-refractivity contribution is 8.07. The molecular formula is C14H24N2O2S2. The Morgan fingerprint density at radius 1 is 1.40 bits per heavy atom. The Kier molecular flexibility index (Phi) is 5.31. The van der Waals surface area contributed by atoms with Crippen LogP contribution in [0.2, 0.25) is 0 Å². The molecule has 0 spiro atoms. The predicted octanol–water partition coefficient (Wildman–Crippen LogP) is 3.13. The number of rotatable bonds is 4. The fourth-order valence-electron chi connectivity index (χ4n) is 2.36. The Hall–Kier alpha value is -0.330. The minimum Gasteiger partial charge on any atom is -0.493 e. The normalized spacial score (nSPS) is 28.6. The number of hydrogen-bond acceptors (Lipinski definition) is 5. The highest BCUT2D eigenvalue weighted by Gasteiger charge is 2.34. The molecule has 6 heteroatoms. The molecule has 1 aromatic heterocycles. The Morgan fingerprint density at radius 2 is 2.10 bits per heavy atom. The van der Waals surface area contributed by atoms with Crippen molar-refractivity contribution in [1.82, 2.24) is 9.78 Å². The zero-order valence-electron chi connectivity index (χ0n) is 12.7. The third-order valence-corrected chi connectivity index (χ3v) is 7.19. The number of thioether (sulfide) groups is 2. The molecule has 0 aliphatic carbocycles. The number of aromatic nitrogens is 2. The lowest BCUT2D eigenvalue weighted by Gasteiger charge is -2.34. The van der Waals surface area contributed by atoms with E-state index in [1.54, 1.807) is 13.3 Å². The van der Waals surface area contributed by atoms with Gasteiger partial charge in [-0.1, -0.05) is 13.8 Å². The van der Waals surface area contributed by atoms with E-state index in [2.05, 4.69) is 32.8 Å². The summed E-state index contributed by atoms with van der Waals surface area (Å²) in [6, 6.07) is 0.209. The van der Waals surface area contributed by atoms with Crippen LogP contribution in [0, 0.1) is 0 Å². The third kappa shape index (κ3) is 3.12. The molecule has 114 valence electrons. The lowest BCUT2D eigenvalue weighted by Crippen LogP contribution is -2.31. The quantitative estimate of drug-likeness (QED) is 0.925. The van der Waals surface area contributed by atoms with E-state index < -0.39 is 6.10 Å². The molecule has 1 aliphatic rings. The van der Waals surface area contributed by atoms with Crippen LogP contribution in [0.15, 0.2) is 6.20 Å². The largest absolute Gasteiger partial charge is 0.493 e. The Balaban J connectivity index is 2.24. The van der Waals surface area contributed by atoms with Crippen molar-refractivity contribution in [2.24, 2.45) is 0 Å². The molecule has 0 saturated carbocycles. The summed E-state index contributed by atoms with van der Waals surface area (Å²) in [7, 11) is 1.63. The molecule has 2 rings (SSSR count). The van der Waals surface area contributed by atoms with Gasteiger partial charge in [0.05, 0.1) is 13.3 Å². The predicted molar refractivity (Wildman–Crippen MR) is 86.9 cm³/mol. The summed E-state index contributed by atoms with van der Waals surface area (Å²) >= 11 is 3.81. The van der Waals surface area contributed by atoms with Crippen LogP contribution in [0.1, 0.15) is 45.5 Å². The van der Waals surface area contributed by atoms with Gasteiger partial charge in [-0.15, -0.1) is 0 Å². The number of hydrogen-bond donors (Lipinski definition) is 1. The maximum absolute atomic E-state index is 10.8. The van der Waals surface area contributed by atoms with Crippen LogP contribution in [-0.2, 0) is 0 Å². The van der Waals surface area contributed by atoms with E-state index in [0.29, 0.717) is 16.2 Å². The first-order valence-electron chi connectivity index (χ1n) is 7.02. The van der Waals surface area contributed by atoms with Gasteiger partial charge in [-0.05, 0) is 13.8 Å². The molecule has 0 bridgehead atoms. The summed E-state index contributed by atoms with van der Waals surface area (Å²) in [4.78, 5) is 0. The van der Waals surface area contributed by atoms with Gasteiger partial charge < -0.3 is 9.84 Å². The highest BCUT2D eigenvalue weighted by Crippen LogP contribution is 2.43. The van der Waals surface area contributed by atoms with E-state index in [0.717, 1.165) is 11.4 Å². The van der Waals surface area contributed by atoms with Gasteiger partial charge in [0.15, 0.2) is 5.75 Å². The SMILES string of the molecule is COc1cnn(C(C)C)c1C(O)C1CSC(C)C(C)S1. The number of nitrogens with zero attached hydrogens (tertiary/aromatic N) is 2. The summed E-state index contributed by atoms with van der Waals surface area (Å²) in [5.74, 6) is 1.65. The summed E-state index contributed by atoms with van der Waals surface area (Å²) in [6.45, 7) is 8.62. The molecule has 1 fully saturated rings. The van der Waals surface area contributed by atoms with Crippen molar-refractivity contribution in [3.8, 4) is 5.75 Å². The first-order chi connectivity index (χ1) is 9.45. The average Bonchev–Trinajstić information content (AvgIpc) is 2.85. The van der Waals surface area contributed by atoms with Gasteiger partial charge in [0, 0.05) is 27.5 Å². The summed E-state index contributed by atoms with van der Waals surface area (Å²) < 4.78 is 7.25. The lowest BCUT2D eigenvalue weighted by atomic mass is 10.1. The summed E-state index contributed by atoms with van der Waals surface area (Å²) in [5, 5.41) is 16.5. The maximum atomic E-state index is 10.8. The van der Waals surface area contributed by atoms with Crippen LogP contribution in [0.5, 0.6) is 5.75 Å². The molecule has 4 nitrogen and oxygen atoms in total. The molecule has 1 N–H and O–H groups in total. The average molecular weight is 316 g/mol. The van der Waals surface area contributed by atoms with Crippen molar-refractivity contribution in [3.63, 3.8) is 0 Å². The first-order valence-corrected chi connectivity index (χ1v) is 9.01. The van der Waals surface area contributed by atoms with Gasteiger partial charge in [0.25, 0.3) is 0 Å². The molecule has 2 heterocycles. The van der Waals surface area contributed by atoms with Gasteiger partial charge in [0.2, 0.25) is 0 Å². The van der Waals surface area contributed by atoms with Gasteiger partial charge >= 0.3 is 0 Å². The van der Waals surface area contributed by atoms with E-state index >= 15 is 0 Å². The van der Waals surface area contributed by atoms with E-state index in [9.17, 15) is 5.11 Å². The molecular weight excluding hydrogens is 292 g/mol. The second-order valence-corrected chi connectivity index (χ2v) is 8.53. The van der Waals surface area contributed by atoms with Crippen LogP contribution in [0.3, 0.4) is 0 Å². The van der Waals surface area contributed by atoms with Crippen LogP contribution < -0.4 is 4.74 Å². The topological polar surface area (TPSA) is 47.3 Å². The Labute approximate surface area is 129 Å². The Bertz CT molecular complexity index is 450. The number of ether oxygens (including phenoxy) is 1. The molecule has 1 saturated heterocycles. The molecule has 1 aliphatic heterocycles. The summed E-state index contributed by atoms with van der Waals surface area (Å²) in [6.07, 6.45) is 1.16. The monoisotopic (exact) mass is 316 g/mol. The van der Waals surface area contributed by atoms with Crippen LogP contribution in [0.25, 0.3) is 0 Å². The maximum Gasteiger partial charge on any atom is 0.162 e. The molecule has 4 unspecified atom stereocenters. The molecule has 0 radical (unpaired) electrons. The van der Waals surface area contributed by atoms with E-state index in [-0.39, 0.29) is 11.3 Å². The Morgan fingerprint density at radius 3 is 2.65 bits per heavy atom. The van der Waals surface area contributed by atoms with Crippen molar-refractivity contribution in [2.45, 2.75) is 55.6 Å². The van der Waals surface area contributed by atoms with E-state index in [1.807, 2.05) is 28.2 Å². The zero-order chi connectivity index (χ0) is 14.9. The van der Waals surface area contributed by atoms with Gasteiger partial charge in [-0.3, -0.25) is 4.68 Å². The molecule has 0 aromatic carbocycles. The highest BCUT2D eigenvalue weighted by atomic mass is 32.2. The lowest BCUT2D eigenvalue weighted by molar-refractivity contribution is 0.162. The van der Waals surface area contributed by atoms with Gasteiger partial charge in [-0.2, -0.15) is 28.6 Å². The molecule has 1 aromatic rings. The fourth-order valence-corrected chi connectivity index (χ4v) is 5.33. The van der Waals surface area contributed by atoms with Gasteiger partial charge in [-0.25, -0.2) is 0 Å². The first kappa shape index (κ1) is 16.0. The van der Waals surface area contributed by atoms with Crippen molar-refractivity contribution < 1.29 is 9.84 Å². The number of methoxy groups -OCH3 is 1. The smallest absolute Gasteiger partial charge is 0.162 e. The molecule has 20 heavy (non-hydrogen) atoms. The molecule has 4 atom stereocenters. The van der Waals surface area contributed by atoms with Crippen molar-refractivity contribution in [2.75, 3.05) is 12.9 Å². The van der Waals surface area contributed by atoms with Crippen LogP contribution in [0.4, 0.5) is 0 Å². The minimum absolute atomic E-state index is 0.189. The third-order valence-electron chi connectivity index (χ3n) is 3.71. The van der Waals surface area contributed by atoms with Crippen molar-refractivity contribution in [1.29, 1.82) is 0 Å². The second-order valence-electron chi connectivity index (χ2n) is 5.50. The van der Waals surface area contributed by atoms with Crippen LogP contribution >= 0.6 is 23.5 Å². The van der Waals surface area contributed by atoms with Crippen molar-refractivity contribution in [3.05, 3.63) is 11.9 Å². The van der Waals surface area contributed by atoms with Crippen LogP contribution in [-0.4, -0.2) is 43.5 Å². The fraction of sp³-hybridized carbons (Fsp3) is 0.786. The van der Waals surface area contributed by atoms with E-state index in [4.69, 9.17) is 4.74 Å². The summed E-state index contributed by atoms with van der Waals surface area (Å²) in [5.41, 5.74) is 0.808. The molecule has 0 amide bonds. The van der Waals surface area contributed by atoms with Crippen molar-refractivity contribution >= 4 is 23.5 Å². The second kappa shape index (κ2) is 6.62. The minimum atomic E-state index is -0.540. The number of aliphatic hydroxyl groups is 1. The standard InChI is InChI=1S/C14H24N2O2S2/c1-8(2)16-13(11(18-5)6-15-16)14(17)12-7-19-9(3)10(4)20-12/h6,8-10,12,14,17H,7H2,1-5H3. The van der Waals surface area contributed by atoms with E-state index in [1.165, 1.54) is 0 Å². The zero-order valence-corrected chi connectivity index (χ0v) is 14.4. The number of aliphatic hydroxyl groups excluding tert-OH is 1.